The Kier molecular flexibility index (Phi) is 4.04. The highest BCUT2D eigenvalue weighted by Crippen LogP contribution is 2.38. The zero-order valence-corrected chi connectivity index (χ0v) is 14.7. The summed E-state index contributed by atoms with van der Waals surface area (Å²) in [7, 11) is 0. The maximum absolute atomic E-state index is 12.6. The Morgan fingerprint density at radius 3 is 2.79 bits per heavy atom. The van der Waals surface area contributed by atoms with Gasteiger partial charge >= 0.3 is 0 Å². The summed E-state index contributed by atoms with van der Waals surface area (Å²) in [4.78, 5) is 26.6. The summed E-state index contributed by atoms with van der Waals surface area (Å²) in [5, 5.41) is 4.50. The fourth-order valence-electron chi connectivity index (χ4n) is 3.26. The average molecular weight is 392 g/mol. The molecule has 1 aliphatic heterocycles. The molecule has 6 nitrogen and oxygen atoms in total. The van der Waals surface area contributed by atoms with E-state index in [1.807, 2.05) is 6.07 Å². The van der Waals surface area contributed by atoms with Crippen molar-refractivity contribution in [3.05, 3.63) is 50.7 Å². The summed E-state index contributed by atoms with van der Waals surface area (Å²) in [6.45, 7) is 1.12. The van der Waals surface area contributed by atoms with E-state index in [2.05, 4.69) is 21.0 Å². The minimum absolute atomic E-state index is 0.0268. The van der Waals surface area contributed by atoms with Gasteiger partial charge in [0, 0.05) is 18.5 Å². The number of carbonyl (C=O) groups is 1. The molecule has 1 atom stereocenters. The van der Waals surface area contributed by atoms with Crippen molar-refractivity contribution in [1.29, 1.82) is 0 Å². The van der Waals surface area contributed by atoms with Gasteiger partial charge in [0.1, 0.15) is 0 Å². The van der Waals surface area contributed by atoms with Crippen LogP contribution in [0.25, 0.3) is 0 Å². The van der Waals surface area contributed by atoms with E-state index < -0.39 is 0 Å². The largest absolute Gasteiger partial charge is 0.444 e. The van der Waals surface area contributed by atoms with Crippen LogP contribution in [0, 0.1) is 0 Å². The quantitative estimate of drug-likeness (QED) is 0.803. The number of furan rings is 1. The van der Waals surface area contributed by atoms with Crippen LogP contribution in [-0.2, 0) is 6.54 Å². The van der Waals surface area contributed by atoms with Gasteiger partial charge in [0.2, 0.25) is 0 Å². The summed E-state index contributed by atoms with van der Waals surface area (Å²) >= 11 is 3.22. The van der Waals surface area contributed by atoms with Crippen LogP contribution in [0.3, 0.4) is 0 Å². The Labute approximate surface area is 147 Å². The molecule has 0 N–H and O–H groups in total. The fourth-order valence-corrected chi connectivity index (χ4v) is 3.56. The van der Waals surface area contributed by atoms with Crippen LogP contribution in [0.2, 0.25) is 0 Å². The number of nitrogens with zero attached hydrogens (tertiary/aromatic N) is 3. The van der Waals surface area contributed by atoms with Gasteiger partial charge < -0.3 is 9.32 Å². The van der Waals surface area contributed by atoms with Gasteiger partial charge in [-0.2, -0.15) is 5.10 Å². The molecule has 3 heterocycles. The molecule has 1 saturated carbocycles. The van der Waals surface area contributed by atoms with Crippen LogP contribution in [-0.4, -0.2) is 33.2 Å². The van der Waals surface area contributed by atoms with Gasteiger partial charge in [-0.25, -0.2) is 4.68 Å². The lowest BCUT2D eigenvalue weighted by Gasteiger charge is -2.24. The molecule has 0 aromatic carbocycles. The van der Waals surface area contributed by atoms with E-state index in [0.29, 0.717) is 29.4 Å². The van der Waals surface area contributed by atoms with Crippen molar-refractivity contribution in [2.24, 2.45) is 0 Å². The van der Waals surface area contributed by atoms with Crippen molar-refractivity contribution in [2.75, 3.05) is 6.54 Å². The second-order valence-corrected chi connectivity index (χ2v) is 7.23. The van der Waals surface area contributed by atoms with E-state index in [-0.39, 0.29) is 17.5 Å². The zero-order chi connectivity index (χ0) is 16.7. The van der Waals surface area contributed by atoms with Crippen molar-refractivity contribution < 1.29 is 9.21 Å². The summed E-state index contributed by atoms with van der Waals surface area (Å²) in [6, 6.07) is 6.77. The Hall–Kier alpha value is -1.89. The van der Waals surface area contributed by atoms with Gasteiger partial charge in [0.15, 0.2) is 10.4 Å². The lowest BCUT2D eigenvalue weighted by Crippen LogP contribution is -2.40. The second-order valence-electron chi connectivity index (χ2n) is 6.45. The van der Waals surface area contributed by atoms with Crippen molar-refractivity contribution >= 4 is 21.8 Å². The van der Waals surface area contributed by atoms with Gasteiger partial charge in [0.05, 0.1) is 18.3 Å². The predicted molar refractivity (Wildman–Crippen MR) is 90.9 cm³/mol. The van der Waals surface area contributed by atoms with E-state index in [1.165, 1.54) is 4.68 Å². The molecule has 0 bridgehead atoms. The first-order valence-corrected chi connectivity index (χ1v) is 9.05. The number of rotatable bonds is 4. The number of hydrogen-bond acceptors (Lipinski definition) is 4. The molecule has 0 spiro atoms. The third kappa shape index (κ3) is 3.05. The lowest BCUT2D eigenvalue weighted by molar-refractivity contribution is 0.0686. The zero-order valence-electron chi connectivity index (χ0n) is 13.2. The van der Waals surface area contributed by atoms with E-state index in [4.69, 9.17) is 4.42 Å². The van der Waals surface area contributed by atoms with E-state index >= 15 is 0 Å². The standard InChI is InChI=1S/C17H18BrN3O3/c18-15-7-6-14(24-15)17(23)20-9-1-2-12(20)10-21-16(22)8-5-13(19-21)11-3-4-11/h5-8,11-12H,1-4,9-10H2. The van der Waals surface area contributed by atoms with E-state index in [9.17, 15) is 9.59 Å². The number of halogens is 1. The summed E-state index contributed by atoms with van der Waals surface area (Å²) < 4.78 is 7.43. The monoisotopic (exact) mass is 391 g/mol. The van der Waals surface area contributed by atoms with Crippen LogP contribution in [0.5, 0.6) is 0 Å². The van der Waals surface area contributed by atoms with E-state index in [1.54, 1.807) is 23.1 Å². The van der Waals surface area contributed by atoms with Crippen LogP contribution in [0.15, 0.2) is 38.1 Å². The molecule has 1 saturated heterocycles. The first-order chi connectivity index (χ1) is 11.6. The number of carbonyl (C=O) groups excluding carboxylic acids is 1. The van der Waals surface area contributed by atoms with Gasteiger partial charge in [0.25, 0.3) is 11.5 Å². The van der Waals surface area contributed by atoms with Crippen LogP contribution >= 0.6 is 15.9 Å². The topological polar surface area (TPSA) is 68.3 Å². The molecule has 7 heteroatoms. The van der Waals surface area contributed by atoms with Crippen LogP contribution < -0.4 is 5.56 Å². The highest BCUT2D eigenvalue weighted by atomic mass is 79.9. The molecule has 24 heavy (non-hydrogen) atoms. The molecular formula is C17H18BrN3O3. The first-order valence-electron chi connectivity index (χ1n) is 8.26. The second kappa shape index (κ2) is 6.20. The first kappa shape index (κ1) is 15.6. The number of likely N-dealkylation sites (tertiary alicyclic amines) is 1. The van der Waals surface area contributed by atoms with Crippen molar-refractivity contribution in [3.63, 3.8) is 0 Å². The fraction of sp³-hybridized carbons (Fsp3) is 0.471. The van der Waals surface area contributed by atoms with Gasteiger partial charge in [-0.3, -0.25) is 9.59 Å². The summed E-state index contributed by atoms with van der Waals surface area (Å²) in [5.74, 6) is 0.689. The third-order valence-corrected chi connectivity index (χ3v) is 5.11. The normalized spacial score (nSPS) is 20.5. The maximum Gasteiger partial charge on any atom is 0.289 e. The summed E-state index contributed by atoms with van der Waals surface area (Å²) in [5.41, 5.74) is 0.875. The predicted octanol–water partition coefficient (Wildman–Crippen LogP) is 2.78. The lowest BCUT2D eigenvalue weighted by atomic mass is 10.2. The Bertz CT molecular complexity index is 824. The molecule has 2 fully saturated rings. The highest BCUT2D eigenvalue weighted by molar-refractivity contribution is 9.10. The molecular weight excluding hydrogens is 374 g/mol. The van der Waals surface area contributed by atoms with Gasteiger partial charge in [-0.05, 0) is 59.8 Å². The van der Waals surface area contributed by atoms with Gasteiger partial charge in [-0.1, -0.05) is 0 Å². The van der Waals surface area contributed by atoms with Crippen molar-refractivity contribution in [1.82, 2.24) is 14.7 Å². The molecule has 0 radical (unpaired) electrons. The van der Waals surface area contributed by atoms with Crippen LogP contribution in [0.1, 0.15) is 47.8 Å². The minimum atomic E-state index is -0.130. The Morgan fingerprint density at radius 2 is 2.08 bits per heavy atom. The van der Waals surface area contributed by atoms with Crippen molar-refractivity contribution in [3.8, 4) is 0 Å². The number of amides is 1. The molecule has 2 aromatic heterocycles. The van der Waals surface area contributed by atoms with Gasteiger partial charge in [-0.15, -0.1) is 0 Å². The van der Waals surface area contributed by atoms with Crippen molar-refractivity contribution in [2.45, 2.75) is 44.2 Å². The molecule has 1 aliphatic carbocycles. The molecule has 126 valence electrons. The number of aromatic nitrogens is 2. The maximum atomic E-state index is 12.6. The minimum Gasteiger partial charge on any atom is -0.444 e. The smallest absolute Gasteiger partial charge is 0.289 e. The Balaban J connectivity index is 1.54. The molecule has 1 unspecified atom stereocenters. The Morgan fingerprint density at radius 1 is 1.25 bits per heavy atom. The van der Waals surface area contributed by atoms with E-state index in [0.717, 1.165) is 31.4 Å². The number of hydrogen-bond donors (Lipinski definition) is 0. The molecule has 2 aliphatic rings. The molecule has 4 rings (SSSR count). The summed E-state index contributed by atoms with van der Waals surface area (Å²) in [6.07, 6.45) is 4.09. The third-order valence-electron chi connectivity index (χ3n) is 4.69. The SMILES string of the molecule is O=C(c1ccc(Br)o1)N1CCCC1Cn1nc(C2CC2)ccc1=O. The van der Waals surface area contributed by atoms with Crippen LogP contribution in [0.4, 0.5) is 0 Å². The molecule has 2 aromatic rings. The molecule has 1 amide bonds. The highest BCUT2D eigenvalue weighted by Gasteiger charge is 2.32. The average Bonchev–Trinajstić information content (AvgIpc) is 3.17.